The summed E-state index contributed by atoms with van der Waals surface area (Å²) in [5.74, 6) is -2.55. The molecule has 78 heavy (non-hydrogen) atoms. The Morgan fingerprint density at radius 3 is 2.05 bits per heavy atom. The van der Waals surface area contributed by atoms with Gasteiger partial charge in [0, 0.05) is 77.4 Å². The molecule has 0 aromatic rings. The summed E-state index contributed by atoms with van der Waals surface area (Å²) in [4.78, 5) is 14.6. The molecule has 0 aromatic carbocycles. The molecule has 2 unspecified atom stereocenters. The highest BCUT2D eigenvalue weighted by molar-refractivity contribution is 5.70. The molecule has 0 radical (unpaired) electrons. The fraction of sp³-hybridized carbons (Fsp3) is 0.917. The summed E-state index contributed by atoms with van der Waals surface area (Å²) in [6, 6.07) is 0. The first-order valence-electron chi connectivity index (χ1n) is 30.6. The molecule has 0 aliphatic carbocycles. The topological polar surface area (TPSA) is 185 Å². The van der Waals surface area contributed by atoms with Crippen molar-refractivity contribution in [2.75, 3.05) is 13.7 Å². The van der Waals surface area contributed by atoms with Crippen LogP contribution in [0.15, 0.2) is 24.3 Å². The Kier molecular flexibility index (Phi) is 13.6. The van der Waals surface area contributed by atoms with E-state index >= 15 is 0 Å². The fourth-order valence-electron chi connectivity index (χ4n) is 18.1. The van der Waals surface area contributed by atoms with E-state index < -0.39 is 47.9 Å². The van der Waals surface area contributed by atoms with Crippen molar-refractivity contribution < 1.29 is 85.7 Å². The standard InChI is InChI=1S/C60H86O18/c1-27-16-33-8-10-37-28(2)17-35(64-37)12-14-58-25-46-54(77-58)55-56(71-46)57(78-58)53-39(69-55)11-9-34(66-53)18-48(62)72-52-32(6)51-43(67-42(52)20-40(65-33)31(27)5)21-41-45(70-51)24-60(73-41)26-47-50(76-60)30(4)23-59(75-47)22-29(3)49-44(74-59)19-36(61)38(68-49)13-15-63-7/h27,29-30,32-47,49-57,61H,2,5,8-26H2,1,3-4,6-7H3/t27-,29+,30+,32+,33+,34-,35+,36-,37+,38-,39+,40-,41-,42+,43+,44+,45-,46?,47+,49+,50+,51+,52-,53+,54+,55+,56?,57+,58+,59-,60+/m1/s1. The van der Waals surface area contributed by atoms with Crippen molar-refractivity contribution in [1.82, 2.24) is 0 Å². The Balaban J connectivity index is 0.659. The molecule has 16 aliphatic rings. The van der Waals surface area contributed by atoms with Crippen molar-refractivity contribution in [1.29, 1.82) is 0 Å². The molecule has 12 bridgehead atoms. The van der Waals surface area contributed by atoms with E-state index in [9.17, 15) is 9.90 Å². The van der Waals surface area contributed by atoms with Crippen molar-refractivity contribution in [3.8, 4) is 0 Å². The number of methoxy groups -OCH3 is 1. The minimum atomic E-state index is -0.897. The lowest BCUT2D eigenvalue weighted by atomic mass is 9.78. The van der Waals surface area contributed by atoms with Gasteiger partial charge in [0.05, 0.1) is 116 Å². The van der Waals surface area contributed by atoms with Crippen LogP contribution in [0.25, 0.3) is 0 Å². The van der Waals surface area contributed by atoms with E-state index in [-0.39, 0.29) is 152 Å². The zero-order chi connectivity index (χ0) is 53.1. The lowest BCUT2D eigenvalue weighted by molar-refractivity contribution is -0.371. The van der Waals surface area contributed by atoms with Crippen molar-refractivity contribution in [3.63, 3.8) is 0 Å². The highest BCUT2D eigenvalue weighted by Crippen LogP contribution is 2.58. The Morgan fingerprint density at radius 1 is 0.513 bits per heavy atom. The highest BCUT2D eigenvalue weighted by Gasteiger charge is 2.70. The van der Waals surface area contributed by atoms with Gasteiger partial charge in [0.15, 0.2) is 17.4 Å². The molecule has 16 rings (SSSR count). The van der Waals surface area contributed by atoms with Gasteiger partial charge < -0.3 is 80.9 Å². The minimum absolute atomic E-state index is 0.00865. The number of carbonyl (C=O) groups is 1. The zero-order valence-electron chi connectivity index (χ0n) is 46.4. The van der Waals surface area contributed by atoms with Crippen LogP contribution in [0.3, 0.4) is 0 Å². The summed E-state index contributed by atoms with van der Waals surface area (Å²) < 4.78 is 109. The van der Waals surface area contributed by atoms with Gasteiger partial charge in [0.25, 0.3) is 0 Å². The molecule has 18 nitrogen and oxygen atoms in total. The van der Waals surface area contributed by atoms with Crippen LogP contribution in [-0.4, -0.2) is 189 Å². The van der Waals surface area contributed by atoms with E-state index in [1.165, 1.54) is 0 Å². The SMILES string of the molecule is C=C1C[C@@H]2CC[C@@]34CC5OC6[C@@H](O3)[C@H]3O[C@H](CC[C@@H]3O[C@H]6[C@H]5O4)CC(=O)O[C@@H]3[C@@H](C)[C@@H]4O[C@@H]5C[C@]6(C[C@@H]7O[C@]8(C[C@H](C)[C@@H]9O[C@H](CCOC)[C@H](O)C[C@@H]9O8)C[C@H](C)[C@@H]7O6)O[C@@H]5C[C@@H]4O[C@H]3C[C@H]3O[C@@H](CC[C@@H]1O2)C[C@@H](C)C3=C. The summed E-state index contributed by atoms with van der Waals surface area (Å²) >= 11 is 0. The lowest BCUT2D eigenvalue weighted by Crippen LogP contribution is -2.62. The molecular weight excluding hydrogens is 1010 g/mol. The van der Waals surface area contributed by atoms with Crippen molar-refractivity contribution in [2.24, 2.45) is 23.7 Å². The smallest absolute Gasteiger partial charge is 0.308 e. The van der Waals surface area contributed by atoms with Crippen molar-refractivity contribution in [2.45, 2.75) is 307 Å². The third kappa shape index (κ3) is 9.12. The fourth-order valence-corrected chi connectivity index (χ4v) is 18.1. The van der Waals surface area contributed by atoms with Gasteiger partial charge in [-0.1, -0.05) is 40.9 Å². The van der Waals surface area contributed by atoms with Crippen LogP contribution in [0.5, 0.6) is 0 Å². The maximum Gasteiger partial charge on any atom is 0.308 e. The van der Waals surface area contributed by atoms with E-state index in [1.807, 2.05) is 0 Å². The first-order valence-corrected chi connectivity index (χ1v) is 30.6. The van der Waals surface area contributed by atoms with Gasteiger partial charge in [-0.3, -0.25) is 4.79 Å². The van der Waals surface area contributed by atoms with Gasteiger partial charge >= 0.3 is 5.97 Å². The van der Waals surface area contributed by atoms with Crippen LogP contribution in [-0.2, 0) is 80.6 Å². The number of esters is 1. The monoisotopic (exact) mass is 1090 g/mol. The largest absolute Gasteiger partial charge is 0.459 e. The number of hydrogen-bond donors (Lipinski definition) is 1. The second kappa shape index (κ2) is 20.0. The van der Waals surface area contributed by atoms with Gasteiger partial charge in [-0.15, -0.1) is 0 Å². The Labute approximate surface area is 459 Å². The summed E-state index contributed by atoms with van der Waals surface area (Å²) in [6.45, 7) is 18.5. The molecule has 18 heteroatoms. The molecule has 0 amide bonds. The summed E-state index contributed by atoms with van der Waals surface area (Å²) in [6.07, 6.45) is 4.97. The van der Waals surface area contributed by atoms with Gasteiger partial charge in [0.2, 0.25) is 0 Å². The highest BCUT2D eigenvalue weighted by atomic mass is 16.8. The molecule has 0 saturated carbocycles. The molecule has 16 aliphatic heterocycles. The number of fused-ring (bicyclic) bond motifs is 10. The maximum absolute atomic E-state index is 14.6. The average molecular weight is 1100 g/mol. The number of ether oxygens (including phenoxy) is 16. The molecule has 434 valence electrons. The van der Waals surface area contributed by atoms with Crippen LogP contribution < -0.4 is 0 Å². The number of hydrogen-bond acceptors (Lipinski definition) is 18. The average Bonchev–Trinajstić information content (AvgIpc) is 4.18. The molecule has 1 N–H and O–H groups in total. The van der Waals surface area contributed by atoms with Crippen LogP contribution in [0.2, 0.25) is 0 Å². The predicted octanol–water partition coefficient (Wildman–Crippen LogP) is 6.22. The number of rotatable bonds is 3. The summed E-state index contributed by atoms with van der Waals surface area (Å²) in [7, 11) is 1.67. The lowest BCUT2D eigenvalue weighted by Gasteiger charge is -2.54. The van der Waals surface area contributed by atoms with Crippen LogP contribution >= 0.6 is 0 Å². The summed E-state index contributed by atoms with van der Waals surface area (Å²) in [5, 5.41) is 11.1. The molecule has 0 aromatic heterocycles. The zero-order valence-corrected chi connectivity index (χ0v) is 46.4. The first kappa shape index (κ1) is 53.1. The quantitative estimate of drug-likeness (QED) is 0.248. The van der Waals surface area contributed by atoms with E-state index in [0.29, 0.717) is 77.2 Å². The molecule has 16 heterocycles. The normalized spacial score (nSPS) is 58.1. The van der Waals surface area contributed by atoms with Crippen LogP contribution in [0.4, 0.5) is 0 Å². The molecule has 31 atom stereocenters. The van der Waals surface area contributed by atoms with Gasteiger partial charge in [-0.25, -0.2) is 0 Å². The first-order chi connectivity index (χ1) is 37.6. The van der Waals surface area contributed by atoms with Crippen molar-refractivity contribution in [3.05, 3.63) is 24.3 Å². The maximum atomic E-state index is 14.6. The minimum Gasteiger partial charge on any atom is -0.459 e. The van der Waals surface area contributed by atoms with E-state index in [0.717, 1.165) is 49.7 Å². The Bertz CT molecular complexity index is 2300. The van der Waals surface area contributed by atoms with Crippen LogP contribution in [0, 0.1) is 23.7 Å². The Hall–Kier alpha value is -1.69. The third-order valence-corrected chi connectivity index (χ3v) is 21.8. The van der Waals surface area contributed by atoms with Gasteiger partial charge in [-0.05, 0) is 80.3 Å². The van der Waals surface area contributed by atoms with E-state index in [1.54, 1.807) is 7.11 Å². The number of aliphatic hydroxyl groups is 1. The second-order valence-electron chi connectivity index (χ2n) is 27.3. The van der Waals surface area contributed by atoms with Gasteiger partial charge in [0.1, 0.15) is 36.6 Å². The predicted molar refractivity (Wildman–Crippen MR) is 273 cm³/mol. The molecular formula is C60H86O18. The third-order valence-electron chi connectivity index (χ3n) is 21.8. The van der Waals surface area contributed by atoms with Crippen LogP contribution in [0.1, 0.15) is 143 Å². The number of aliphatic hydroxyl groups excluding tert-OH is 1. The molecule has 3 spiro atoms. The number of carbonyl (C=O) groups excluding carboxylic acids is 1. The summed E-state index contributed by atoms with van der Waals surface area (Å²) in [5.41, 5.74) is 2.17. The van der Waals surface area contributed by atoms with E-state index in [4.69, 9.17) is 75.8 Å². The van der Waals surface area contributed by atoms with Gasteiger partial charge in [-0.2, -0.15) is 0 Å². The second-order valence-corrected chi connectivity index (χ2v) is 27.3. The molecule has 16 saturated heterocycles. The molecule has 16 fully saturated rings. The van der Waals surface area contributed by atoms with Crippen molar-refractivity contribution >= 4 is 5.97 Å². The van der Waals surface area contributed by atoms with E-state index in [2.05, 4.69) is 40.9 Å². The Morgan fingerprint density at radius 2 is 1.19 bits per heavy atom.